The van der Waals surface area contributed by atoms with E-state index in [9.17, 15) is 0 Å². The molecule has 29 heavy (non-hydrogen) atoms. The van der Waals surface area contributed by atoms with Gasteiger partial charge in [-0.2, -0.15) is 0 Å². The maximum absolute atomic E-state index is 6.33. The van der Waals surface area contributed by atoms with Crippen LogP contribution in [0.5, 0.6) is 0 Å². The fourth-order valence-corrected chi connectivity index (χ4v) is 4.02. The van der Waals surface area contributed by atoms with E-state index >= 15 is 0 Å². The number of hydrogen-bond acceptors (Lipinski definition) is 6. The topological polar surface area (TPSA) is 70.3 Å². The molecule has 1 fully saturated rings. The highest BCUT2D eigenvalue weighted by atomic mass is 15.3. The molecular weight excluding hydrogens is 360 g/mol. The number of piperazine rings is 1. The fraction of sp³-hybridized carbons (Fsp3) is 0.304. The number of aromatic nitrogens is 2. The van der Waals surface area contributed by atoms with Crippen LogP contribution in [0.15, 0.2) is 67.0 Å². The molecule has 0 bridgehead atoms. The van der Waals surface area contributed by atoms with Gasteiger partial charge in [0, 0.05) is 32.7 Å². The molecule has 0 spiro atoms. The summed E-state index contributed by atoms with van der Waals surface area (Å²) in [6, 6.07) is 21.7. The summed E-state index contributed by atoms with van der Waals surface area (Å²) in [4.78, 5) is 13.5. The average molecular weight is 389 g/mol. The van der Waals surface area contributed by atoms with Crippen molar-refractivity contribution in [1.82, 2.24) is 14.9 Å². The highest BCUT2D eigenvalue weighted by molar-refractivity contribution is 5.75. The minimum Gasteiger partial charge on any atom is -0.393 e. The van der Waals surface area contributed by atoms with Gasteiger partial charge in [-0.3, -0.25) is 4.90 Å². The minimum atomic E-state index is 0.250. The van der Waals surface area contributed by atoms with Crippen LogP contribution in [0, 0.1) is 0 Å². The van der Waals surface area contributed by atoms with E-state index in [0.717, 1.165) is 38.5 Å². The lowest BCUT2D eigenvalue weighted by molar-refractivity contribution is 0.212. The van der Waals surface area contributed by atoms with E-state index in [4.69, 9.17) is 5.73 Å². The van der Waals surface area contributed by atoms with Crippen molar-refractivity contribution in [2.24, 2.45) is 0 Å². The monoisotopic (exact) mass is 388 g/mol. The number of anilines is 3. The molecule has 0 atom stereocenters. The van der Waals surface area contributed by atoms with Crippen molar-refractivity contribution in [3.8, 4) is 0 Å². The Morgan fingerprint density at radius 3 is 2.03 bits per heavy atom. The first-order valence-electron chi connectivity index (χ1n) is 10.2. The summed E-state index contributed by atoms with van der Waals surface area (Å²) in [7, 11) is 0. The van der Waals surface area contributed by atoms with Gasteiger partial charge < -0.3 is 16.0 Å². The molecule has 2 heterocycles. The van der Waals surface area contributed by atoms with Gasteiger partial charge in [0.1, 0.15) is 12.0 Å². The molecule has 2 aromatic carbocycles. The molecule has 150 valence electrons. The predicted molar refractivity (Wildman–Crippen MR) is 119 cm³/mol. The van der Waals surface area contributed by atoms with Gasteiger partial charge in [0.05, 0.1) is 6.04 Å². The first-order chi connectivity index (χ1) is 14.3. The predicted octanol–water partition coefficient (Wildman–Crippen LogP) is 3.40. The van der Waals surface area contributed by atoms with Crippen molar-refractivity contribution < 1.29 is 0 Å². The number of rotatable bonds is 6. The van der Waals surface area contributed by atoms with Crippen molar-refractivity contribution in [1.29, 1.82) is 0 Å². The Hall–Kier alpha value is -3.12. The molecule has 0 radical (unpaired) electrons. The Bertz CT molecular complexity index is 868. The van der Waals surface area contributed by atoms with Gasteiger partial charge in [-0.25, -0.2) is 9.97 Å². The molecule has 0 amide bonds. The lowest BCUT2D eigenvalue weighted by atomic mass is 9.96. The molecule has 3 aromatic rings. The van der Waals surface area contributed by atoms with E-state index in [2.05, 4.69) is 85.7 Å². The van der Waals surface area contributed by atoms with Gasteiger partial charge >= 0.3 is 0 Å². The van der Waals surface area contributed by atoms with Crippen LogP contribution in [0.25, 0.3) is 0 Å². The van der Waals surface area contributed by atoms with Crippen molar-refractivity contribution in [3.05, 3.63) is 78.1 Å². The molecular formula is C23H28N6. The zero-order chi connectivity index (χ0) is 20.1. The molecule has 4 rings (SSSR count). The normalized spacial score (nSPS) is 14.9. The SMILES string of the molecule is CCNc1ncnc(N2CCN(C(c3ccccc3)c3ccccc3)CC2)c1N. The molecule has 1 aromatic heterocycles. The molecule has 0 saturated carbocycles. The van der Waals surface area contributed by atoms with Crippen molar-refractivity contribution in [3.63, 3.8) is 0 Å². The Morgan fingerprint density at radius 1 is 0.897 bits per heavy atom. The summed E-state index contributed by atoms with van der Waals surface area (Å²) < 4.78 is 0. The second kappa shape index (κ2) is 8.92. The number of nitrogen functional groups attached to an aromatic ring is 1. The Kier molecular flexibility index (Phi) is 5.91. The van der Waals surface area contributed by atoms with E-state index in [1.165, 1.54) is 11.1 Å². The second-order valence-corrected chi connectivity index (χ2v) is 7.24. The molecule has 0 aliphatic carbocycles. The van der Waals surface area contributed by atoms with Crippen LogP contribution >= 0.6 is 0 Å². The van der Waals surface area contributed by atoms with Crippen LogP contribution in [0.1, 0.15) is 24.1 Å². The van der Waals surface area contributed by atoms with Crippen LogP contribution in [0.4, 0.5) is 17.3 Å². The van der Waals surface area contributed by atoms with Crippen LogP contribution in [0.2, 0.25) is 0 Å². The van der Waals surface area contributed by atoms with Crippen LogP contribution in [0.3, 0.4) is 0 Å². The smallest absolute Gasteiger partial charge is 0.157 e. The van der Waals surface area contributed by atoms with E-state index in [1.54, 1.807) is 6.33 Å². The molecule has 1 aliphatic heterocycles. The second-order valence-electron chi connectivity index (χ2n) is 7.24. The lowest BCUT2D eigenvalue weighted by Crippen LogP contribution is -2.48. The number of benzene rings is 2. The summed E-state index contributed by atoms with van der Waals surface area (Å²) in [5.41, 5.74) is 9.61. The van der Waals surface area contributed by atoms with E-state index in [0.29, 0.717) is 11.5 Å². The van der Waals surface area contributed by atoms with Crippen LogP contribution in [-0.4, -0.2) is 47.6 Å². The van der Waals surface area contributed by atoms with Crippen molar-refractivity contribution >= 4 is 17.3 Å². The standard InChI is InChI=1S/C23H28N6/c1-2-25-22-20(24)23(27-17-26-22)29-15-13-28(14-16-29)21(18-9-5-3-6-10-18)19-11-7-4-8-12-19/h3-12,17,21H,2,13-16,24H2,1H3,(H,25,26,27). The third kappa shape index (κ3) is 4.17. The first-order valence-corrected chi connectivity index (χ1v) is 10.2. The molecule has 1 aliphatic rings. The lowest BCUT2D eigenvalue weighted by Gasteiger charge is -2.40. The first kappa shape index (κ1) is 19.2. The Labute approximate surface area is 172 Å². The molecule has 3 N–H and O–H groups in total. The third-order valence-corrected chi connectivity index (χ3v) is 5.42. The number of nitrogens with zero attached hydrogens (tertiary/aromatic N) is 4. The van der Waals surface area contributed by atoms with Gasteiger partial charge in [0.25, 0.3) is 0 Å². The van der Waals surface area contributed by atoms with Crippen molar-refractivity contribution in [2.75, 3.05) is 48.7 Å². The van der Waals surface area contributed by atoms with Gasteiger partial charge in [0.15, 0.2) is 11.6 Å². The largest absolute Gasteiger partial charge is 0.393 e. The summed E-state index contributed by atoms with van der Waals surface area (Å²) in [6.07, 6.45) is 1.59. The molecule has 1 saturated heterocycles. The molecule has 0 unspecified atom stereocenters. The van der Waals surface area contributed by atoms with Crippen LogP contribution in [-0.2, 0) is 0 Å². The van der Waals surface area contributed by atoms with Crippen LogP contribution < -0.4 is 16.0 Å². The Morgan fingerprint density at radius 2 is 1.48 bits per heavy atom. The maximum atomic E-state index is 6.33. The maximum Gasteiger partial charge on any atom is 0.157 e. The molecule has 6 heteroatoms. The summed E-state index contributed by atoms with van der Waals surface area (Å²) in [5, 5.41) is 3.21. The summed E-state index contributed by atoms with van der Waals surface area (Å²) in [6.45, 7) is 6.45. The average Bonchev–Trinajstić information content (AvgIpc) is 2.78. The minimum absolute atomic E-state index is 0.250. The summed E-state index contributed by atoms with van der Waals surface area (Å²) >= 11 is 0. The van der Waals surface area contributed by atoms with Gasteiger partial charge in [-0.15, -0.1) is 0 Å². The Balaban J connectivity index is 1.54. The third-order valence-electron chi connectivity index (χ3n) is 5.42. The van der Waals surface area contributed by atoms with E-state index in [1.807, 2.05) is 6.92 Å². The zero-order valence-corrected chi connectivity index (χ0v) is 16.8. The number of nitrogens with two attached hydrogens (primary N) is 1. The van der Waals surface area contributed by atoms with Gasteiger partial charge in [-0.1, -0.05) is 60.7 Å². The highest BCUT2D eigenvalue weighted by Crippen LogP contribution is 2.32. The highest BCUT2D eigenvalue weighted by Gasteiger charge is 2.27. The van der Waals surface area contributed by atoms with E-state index in [-0.39, 0.29) is 6.04 Å². The fourth-order valence-electron chi connectivity index (χ4n) is 4.02. The van der Waals surface area contributed by atoms with E-state index < -0.39 is 0 Å². The van der Waals surface area contributed by atoms with Gasteiger partial charge in [-0.05, 0) is 18.1 Å². The summed E-state index contributed by atoms with van der Waals surface area (Å²) in [5.74, 6) is 1.54. The van der Waals surface area contributed by atoms with Crippen molar-refractivity contribution in [2.45, 2.75) is 13.0 Å². The number of nitrogens with one attached hydrogen (secondary N) is 1. The quantitative estimate of drug-likeness (QED) is 0.674. The number of hydrogen-bond donors (Lipinski definition) is 2. The molecule has 6 nitrogen and oxygen atoms in total. The zero-order valence-electron chi connectivity index (χ0n) is 16.8. The van der Waals surface area contributed by atoms with Gasteiger partial charge in [0.2, 0.25) is 0 Å².